The maximum atomic E-state index is 12.9. The molecular formula is C18H20N4O3S2. The van der Waals surface area contributed by atoms with E-state index in [9.17, 15) is 9.59 Å². The summed E-state index contributed by atoms with van der Waals surface area (Å²) in [5.41, 5.74) is 2.09. The summed E-state index contributed by atoms with van der Waals surface area (Å²) in [6.45, 7) is 7.35. The van der Waals surface area contributed by atoms with Gasteiger partial charge in [0.25, 0.3) is 0 Å². The second-order valence-corrected chi connectivity index (χ2v) is 8.17. The van der Waals surface area contributed by atoms with Crippen LogP contribution in [0.5, 0.6) is 0 Å². The van der Waals surface area contributed by atoms with E-state index in [0.29, 0.717) is 33.5 Å². The highest BCUT2D eigenvalue weighted by atomic mass is 32.2. The summed E-state index contributed by atoms with van der Waals surface area (Å²) >= 11 is 2.84. The molecule has 0 amide bonds. The number of aromatic nitrogens is 4. The minimum atomic E-state index is -0.419. The first-order valence-electron chi connectivity index (χ1n) is 8.45. The highest BCUT2D eigenvalue weighted by Crippen LogP contribution is 2.28. The third kappa shape index (κ3) is 3.98. The maximum Gasteiger partial charge on any atom is 0.340 e. The molecule has 0 aliphatic heterocycles. The molecule has 27 heavy (non-hydrogen) atoms. The third-order valence-electron chi connectivity index (χ3n) is 4.03. The quantitative estimate of drug-likeness (QED) is 0.350. The number of H-pyrrole nitrogens is 2. The summed E-state index contributed by atoms with van der Waals surface area (Å²) in [5.74, 6) is 0.153. The monoisotopic (exact) mass is 404 g/mol. The summed E-state index contributed by atoms with van der Waals surface area (Å²) in [5, 5.41) is 9.14. The molecule has 2 N–H and O–H groups in total. The Morgan fingerprint density at radius 2 is 2.15 bits per heavy atom. The van der Waals surface area contributed by atoms with Crippen molar-refractivity contribution in [3.8, 4) is 10.7 Å². The number of thiophene rings is 1. The van der Waals surface area contributed by atoms with Crippen LogP contribution in [-0.2, 0) is 4.74 Å². The molecule has 1 unspecified atom stereocenters. The Balaban J connectivity index is 1.76. The van der Waals surface area contributed by atoms with E-state index < -0.39 is 11.2 Å². The van der Waals surface area contributed by atoms with Crippen LogP contribution in [0, 0.1) is 13.8 Å². The maximum absolute atomic E-state index is 12.9. The largest absolute Gasteiger partial charge is 0.462 e. The predicted molar refractivity (Wildman–Crippen MR) is 106 cm³/mol. The molecule has 0 aliphatic rings. The van der Waals surface area contributed by atoms with Gasteiger partial charge in [0.05, 0.1) is 28.0 Å². The van der Waals surface area contributed by atoms with Crippen LogP contribution in [0.3, 0.4) is 0 Å². The smallest absolute Gasteiger partial charge is 0.340 e. The number of hydrogen-bond acceptors (Lipinski definition) is 7. The van der Waals surface area contributed by atoms with Gasteiger partial charge in [-0.25, -0.2) is 9.78 Å². The molecule has 0 aromatic carbocycles. The molecule has 0 bridgehead atoms. The normalized spacial score (nSPS) is 12.1. The zero-order chi connectivity index (χ0) is 19.6. The molecule has 3 aromatic heterocycles. The molecule has 1 atom stereocenters. The number of ether oxygens (including phenoxy) is 1. The standard InChI is InChI=1S/C18H20N4O3S2/c1-5-25-17(24)13-9(2)14(19-10(13)3)15(23)11(4)27-18-20-16(21-22-18)12-7-6-8-26-12/h6-8,11,19H,5H2,1-4H3,(H,20,21,22). The van der Waals surface area contributed by atoms with Gasteiger partial charge in [0.2, 0.25) is 5.16 Å². The molecule has 0 fully saturated rings. The minimum absolute atomic E-state index is 0.112. The average Bonchev–Trinajstić information content (AvgIpc) is 3.35. The number of carbonyl (C=O) groups excluding carboxylic acids is 2. The number of thioether (sulfide) groups is 1. The summed E-state index contributed by atoms with van der Waals surface area (Å²) in [6, 6.07) is 3.90. The fraction of sp³-hybridized carbons (Fsp3) is 0.333. The van der Waals surface area contributed by atoms with Crippen molar-refractivity contribution in [1.29, 1.82) is 0 Å². The molecule has 0 aliphatic carbocycles. The Morgan fingerprint density at radius 1 is 1.37 bits per heavy atom. The summed E-state index contributed by atoms with van der Waals surface area (Å²) < 4.78 is 5.08. The topological polar surface area (TPSA) is 101 Å². The van der Waals surface area contributed by atoms with E-state index in [2.05, 4.69) is 20.2 Å². The van der Waals surface area contributed by atoms with Crippen LogP contribution in [0.15, 0.2) is 22.7 Å². The predicted octanol–water partition coefficient (Wildman–Crippen LogP) is 4.02. The van der Waals surface area contributed by atoms with E-state index >= 15 is 0 Å². The van der Waals surface area contributed by atoms with E-state index in [0.717, 1.165) is 4.88 Å². The molecule has 142 valence electrons. The fourth-order valence-electron chi connectivity index (χ4n) is 2.74. The zero-order valence-electron chi connectivity index (χ0n) is 15.5. The number of carbonyl (C=O) groups is 2. The Kier molecular flexibility index (Phi) is 5.81. The van der Waals surface area contributed by atoms with Crippen LogP contribution < -0.4 is 0 Å². The number of Topliss-reactive ketones (excluding diaryl/α,β-unsaturated/α-hetero) is 1. The van der Waals surface area contributed by atoms with Crippen molar-refractivity contribution in [3.05, 3.63) is 40.0 Å². The number of hydrogen-bond donors (Lipinski definition) is 2. The molecular weight excluding hydrogens is 384 g/mol. The van der Waals surface area contributed by atoms with E-state index in [1.807, 2.05) is 17.5 Å². The van der Waals surface area contributed by atoms with E-state index in [1.54, 1.807) is 39.0 Å². The van der Waals surface area contributed by atoms with Crippen LogP contribution in [0.2, 0.25) is 0 Å². The first-order chi connectivity index (χ1) is 12.9. The lowest BCUT2D eigenvalue weighted by Crippen LogP contribution is -2.16. The van der Waals surface area contributed by atoms with Crippen LogP contribution in [0.25, 0.3) is 10.7 Å². The van der Waals surface area contributed by atoms with Crippen molar-refractivity contribution in [2.45, 2.75) is 38.1 Å². The van der Waals surface area contributed by atoms with Gasteiger partial charge in [-0.3, -0.25) is 9.89 Å². The van der Waals surface area contributed by atoms with Crippen LogP contribution in [-0.4, -0.2) is 43.8 Å². The van der Waals surface area contributed by atoms with Crippen molar-refractivity contribution in [1.82, 2.24) is 20.2 Å². The second kappa shape index (κ2) is 8.10. The minimum Gasteiger partial charge on any atom is -0.462 e. The number of esters is 1. The van der Waals surface area contributed by atoms with Gasteiger partial charge in [-0.15, -0.1) is 16.4 Å². The molecule has 3 heterocycles. The van der Waals surface area contributed by atoms with E-state index in [1.165, 1.54) is 11.8 Å². The van der Waals surface area contributed by atoms with Gasteiger partial charge in [-0.1, -0.05) is 17.8 Å². The van der Waals surface area contributed by atoms with E-state index in [4.69, 9.17) is 4.74 Å². The fourth-order valence-corrected chi connectivity index (χ4v) is 4.19. The Bertz CT molecular complexity index is 960. The lowest BCUT2D eigenvalue weighted by molar-refractivity contribution is 0.0525. The first kappa shape index (κ1) is 19.4. The van der Waals surface area contributed by atoms with Crippen molar-refractivity contribution in [3.63, 3.8) is 0 Å². The summed E-state index contributed by atoms with van der Waals surface area (Å²) in [4.78, 5) is 33.5. The highest BCUT2D eigenvalue weighted by molar-refractivity contribution is 8.00. The van der Waals surface area contributed by atoms with Gasteiger partial charge in [0, 0.05) is 5.69 Å². The van der Waals surface area contributed by atoms with Crippen LogP contribution in [0.4, 0.5) is 0 Å². The van der Waals surface area contributed by atoms with Gasteiger partial charge >= 0.3 is 5.97 Å². The zero-order valence-corrected chi connectivity index (χ0v) is 17.1. The van der Waals surface area contributed by atoms with Gasteiger partial charge in [-0.05, 0) is 44.7 Å². The van der Waals surface area contributed by atoms with Crippen LogP contribution in [0.1, 0.15) is 46.0 Å². The lowest BCUT2D eigenvalue weighted by atomic mass is 10.1. The number of aromatic amines is 2. The molecule has 0 saturated heterocycles. The SMILES string of the molecule is CCOC(=O)c1c(C)[nH]c(C(=O)C(C)Sc2n[nH]c(-c3cccs3)n2)c1C. The number of aryl methyl sites for hydroxylation is 1. The summed E-state index contributed by atoms with van der Waals surface area (Å²) in [6.07, 6.45) is 0. The second-order valence-electron chi connectivity index (χ2n) is 5.91. The van der Waals surface area contributed by atoms with E-state index in [-0.39, 0.29) is 12.4 Å². The van der Waals surface area contributed by atoms with Crippen LogP contribution >= 0.6 is 23.1 Å². The summed E-state index contributed by atoms with van der Waals surface area (Å²) in [7, 11) is 0. The van der Waals surface area contributed by atoms with Gasteiger partial charge in [-0.2, -0.15) is 0 Å². The molecule has 0 radical (unpaired) electrons. The molecule has 7 nitrogen and oxygen atoms in total. The Hall–Kier alpha value is -2.39. The van der Waals surface area contributed by atoms with Crippen molar-refractivity contribution < 1.29 is 14.3 Å². The molecule has 3 rings (SSSR count). The molecule has 3 aromatic rings. The number of ketones is 1. The molecule has 9 heteroatoms. The van der Waals surface area contributed by atoms with Crippen molar-refractivity contribution >= 4 is 34.9 Å². The van der Waals surface area contributed by atoms with Crippen molar-refractivity contribution in [2.24, 2.45) is 0 Å². The first-order valence-corrected chi connectivity index (χ1v) is 10.2. The van der Waals surface area contributed by atoms with Crippen molar-refractivity contribution in [2.75, 3.05) is 6.61 Å². The number of nitrogens with one attached hydrogen (secondary N) is 2. The molecule has 0 spiro atoms. The van der Waals surface area contributed by atoms with Gasteiger partial charge in [0.1, 0.15) is 0 Å². The third-order valence-corrected chi connectivity index (χ3v) is 5.87. The number of rotatable bonds is 7. The van der Waals surface area contributed by atoms with Gasteiger partial charge < -0.3 is 9.72 Å². The lowest BCUT2D eigenvalue weighted by Gasteiger charge is -2.07. The number of nitrogens with zero attached hydrogens (tertiary/aromatic N) is 2. The Morgan fingerprint density at radius 3 is 2.81 bits per heavy atom. The van der Waals surface area contributed by atoms with Gasteiger partial charge in [0.15, 0.2) is 11.6 Å². The highest BCUT2D eigenvalue weighted by Gasteiger charge is 2.27. The average molecular weight is 405 g/mol. The Labute approximate surface area is 164 Å². The molecule has 0 saturated carbocycles.